The first-order valence-corrected chi connectivity index (χ1v) is 10.4. The van der Waals surface area contributed by atoms with Crippen molar-refractivity contribution in [1.82, 2.24) is 4.31 Å². The Balaban J connectivity index is 1.78. The SMILES string of the molecule is O=S(=O)(c1cc(CO)sc1Br)N1CCC2(CCCC2)CC1. The molecule has 1 aromatic rings. The average molecular weight is 394 g/mol. The van der Waals surface area contributed by atoms with Gasteiger partial charge in [-0.05, 0) is 53.1 Å². The summed E-state index contributed by atoms with van der Waals surface area (Å²) in [5.41, 5.74) is 0.411. The lowest BCUT2D eigenvalue weighted by Crippen LogP contribution is -2.42. The molecule has 1 spiro atoms. The molecule has 0 atom stereocenters. The lowest BCUT2D eigenvalue weighted by atomic mass is 9.78. The molecule has 1 saturated carbocycles. The Hall–Kier alpha value is 0.0500. The van der Waals surface area contributed by atoms with Crippen LogP contribution < -0.4 is 0 Å². The van der Waals surface area contributed by atoms with Crippen LogP contribution in [-0.2, 0) is 16.6 Å². The van der Waals surface area contributed by atoms with Crippen LogP contribution in [-0.4, -0.2) is 30.9 Å². The Labute approximate surface area is 138 Å². The van der Waals surface area contributed by atoms with Crippen molar-refractivity contribution in [2.24, 2.45) is 5.41 Å². The molecule has 2 fully saturated rings. The maximum Gasteiger partial charge on any atom is 0.245 e. The summed E-state index contributed by atoms with van der Waals surface area (Å²) in [7, 11) is -3.44. The van der Waals surface area contributed by atoms with Gasteiger partial charge in [-0.25, -0.2) is 8.42 Å². The van der Waals surface area contributed by atoms with Crippen LogP contribution in [0.2, 0.25) is 0 Å². The molecule has 0 aromatic carbocycles. The monoisotopic (exact) mass is 393 g/mol. The summed E-state index contributed by atoms with van der Waals surface area (Å²) in [5.74, 6) is 0. The van der Waals surface area contributed by atoms with Crippen molar-refractivity contribution < 1.29 is 13.5 Å². The fraction of sp³-hybridized carbons (Fsp3) is 0.714. The maximum atomic E-state index is 12.8. The minimum atomic E-state index is -3.44. The first-order valence-electron chi connectivity index (χ1n) is 7.36. The maximum absolute atomic E-state index is 12.8. The van der Waals surface area contributed by atoms with E-state index in [2.05, 4.69) is 15.9 Å². The van der Waals surface area contributed by atoms with Gasteiger partial charge in [-0.2, -0.15) is 4.31 Å². The van der Waals surface area contributed by atoms with E-state index < -0.39 is 10.0 Å². The van der Waals surface area contributed by atoms with Crippen LogP contribution in [0.1, 0.15) is 43.4 Å². The number of rotatable bonds is 3. The van der Waals surface area contributed by atoms with Gasteiger partial charge in [-0.3, -0.25) is 0 Å². The molecule has 0 amide bonds. The molecule has 3 rings (SSSR count). The predicted octanol–water partition coefficient (Wildman–Crippen LogP) is 3.35. The number of hydrogen-bond acceptors (Lipinski definition) is 4. The third-order valence-corrected chi connectivity index (χ3v) is 9.06. The van der Waals surface area contributed by atoms with Crippen molar-refractivity contribution >= 4 is 37.3 Å². The van der Waals surface area contributed by atoms with Crippen LogP contribution >= 0.6 is 27.3 Å². The van der Waals surface area contributed by atoms with E-state index >= 15 is 0 Å². The van der Waals surface area contributed by atoms with E-state index in [4.69, 9.17) is 0 Å². The van der Waals surface area contributed by atoms with Gasteiger partial charge in [0.05, 0.1) is 10.4 Å². The standard InChI is InChI=1S/C14H20BrNO3S2/c15-13-12(9-11(10-17)20-13)21(18,19)16-7-5-14(6-8-16)3-1-2-4-14/h9,17H,1-8,10H2. The lowest BCUT2D eigenvalue weighted by molar-refractivity contribution is 0.160. The number of piperidine rings is 1. The van der Waals surface area contributed by atoms with Crippen molar-refractivity contribution in [2.75, 3.05) is 13.1 Å². The van der Waals surface area contributed by atoms with Gasteiger partial charge in [0.2, 0.25) is 10.0 Å². The van der Waals surface area contributed by atoms with Crippen molar-refractivity contribution in [1.29, 1.82) is 0 Å². The molecule has 2 heterocycles. The molecule has 0 unspecified atom stereocenters. The molecule has 7 heteroatoms. The summed E-state index contributed by atoms with van der Waals surface area (Å²) in [6.45, 7) is 1.13. The minimum Gasteiger partial charge on any atom is -0.391 e. The second-order valence-electron chi connectivity index (χ2n) is 6.12. The van der Waals surface area contributed by atoms with Gasteiger partial charge in [0.15, 0.2) is 0 Å². The zero-order valence-electron chi connectivity index (χ0n) is 11.8. The number of aliphatic hydroxyl groups is 1. The van der Waals surface area contributed by atoms with E-state index in [0.717, 1.165) is 12.8 Å². The van der Waals surface area contributed by atoms with Gasteiger partial charge < -0.3 is 5.11 Å². The Morgan fingerprint density at radius 3 is 2.38 bits per heavy atom. The van der Waals surface area contributed by atoms with E-state index in [0.29, 0.717) is 32.1 Å². The Bertz CT molecular complexity index is 610. The molecular weight excluding hydrogens is 374 g/mol. The van der Waals surface area contributed by atoms with Crippen molar-refractivity contribution in [3.8, 4) is 0 Å². The van der Waals surface area contributed by atoms with Crippen LogP contribution in [0.5, 0.6) is 0 Å². The van der Waals surface area contributed by atoms with E-state index in [1.165, 1.54) is 37.0 Å². The van der Waals surface area contributed by atoms with Gasteiger partial charge >= 0.3 is 0 Å². The number of halogens is 1. The topological polar surface area (TPSA) is 57.6 Å². The summed E-state index contributed by atoms with van der Waals surface area (Å²) in [5, 5.41) is 9.17. The summed E-state index contributed by atoms with van der Waals surface area (Å²) < 4.78 is 27.7. The summed E-state index contributed by atoms with van der Waals surface area (Å²) >= 11 is 4.61. The molecule has 4 nitrogen and oxygen atoms in total. The zero-order valence-corrected chi connectivity index (χ0v) is 15.1. The van der Waals surface area contributed by atoms with Gasteiger partial charge in [-0.1, -0.05) is 12.8 Å². The van der Waals surface area contributed by atoms with Crippen LogP contribution in [0.4, 0.5) is 0 Å². The highest BCUT2D eigenvalue weighted by Crippen LogP contribution is 2.47. The third-order valence-electron chi connectivity index (χ3n) is 4.93. The van der Waals surface area contributed by atoms with Crippen molar-refractivity contribution in [2.45, 2.75) is 50.0 Å². The predicted molar refractivity (Wildman–Crippen MR) is 86.8 cm³/mol. The van der Waals surface area contributed by atoms with Crippen LogP contribution in [0.15, 0.2) is 14.7 Å². The summed E-state index contributed by atoms with van der Waals surface area (Å²) in [6, 6.07) is 1.59. The number of aliphatic hydroxyl groups excluding tert-OH is 1. The number of sulfonamides is 1. The fourth-order valence-electron chi connectivity index (χ4n) is 3.62. The fourth-order valence-corrected chi connectivity index (χ4v) is 7.55. The highest BCUT2D eigenvalue weighted by Gasteiger charge is 2.40. The Morgan fingerprint density at radius 2 is 1.86 bits per heavy atom. The molecule has 0 radical (unpaired) electrons. The largest absolute Gasteiger partial charge is 0.391 e. The van der Waals surface area contributed by atoms with Gasteiger partial charge in [0, 0.05) is 18.0 Å². The van der Waals surface area contributed by atoms with E-state index in [9.17, 15) is 13.5 Å². The molecule has 21 heavy (non-hydrogen) atoms. The van der Waals surface area contributed by atoms with Crippen LogP contribution in [0.3, 0.4) is 0 Å². The first-order chi connectivity index (χ1) is 9.97. The summed E-state index contributed by atoms with van der Waals surface area (Å²) in [6.07, 6.45) is 7.09. The zero-order chi connectivity index (χ0) is 15.1. The molecule has 1 saturated heterocycles. The van der Waals surface area contributed by atoms with Crippen molar-refractivity contribution in [3.05, 3.63) is 14.7 Å². The van der Waals surface area contributed by atoms with Crippen molar-refractivity contribution in [3.63, 3.8) is 0 Å². The molecule has 2 aliphatic rings. The second kappa shape index (κ2) is 5.92. The first kappa shape index (κ1) is 15.9. The van der Waals surface area contributed by atoms with Gasteiger partial charge in [0.25, 0.3) is 0 Å². The highest BCUT2D eigenvalue weighted by molar-refractivity contribution is 9.11. The Kier molecular flexibility index (Phi) is 4.49. The molecular formula is C14H20BrNO3S2. The Morgan fingerprint density at radius 1 is 1.24 bits per heavy atom. The van der Waals surface area contributed by atoms with E-state index in [1.807, 2.05) is 0 Å². The second-order valence-corrected chi connectivity index (χ2v) is 10.5. The molecule has 1 aliphatic heterocycles. The number of hydrogen-bond donors (Lipinski definition) is 1. The van der Waals surface area contributed by atoms with Gasteiger partial charge in [-0.15, -0.1) is 11.3 Å². The molecule has 1 aliphatic carbocycles. The quantitative estimate of drug-likeness (QED) is 0.856. The van der Waals surface area contributed by atoms with E-state index in [1.54, 1.807) is 10.4 Å². The minimum absolute atomic E-state index is 0.123. The molecule has 1 N–H and O–H groups in total. The highest BCUT2D eigenvalue weighted by atomic mass is 79.9. The molecule has 118 valence electrons. The molecule has 0 bridgehead atoms. The van der Waals surface area contributed by atoms with Crippen LogP contribution in [0.25, 0.3) is 0 Å². The average Bonchev–Trinajstić information content (AvgIpc) is 3.07. The molecule has 1 aromatic heterocycles. The normalized spacial score (nSPS) is 23.0. The summed E-state index contributed by atoms with van der Waals surface area (Å²) in [4.78, 5) is 0.976. The smallest absolute Gasteiger partial charge is 0.245 e. The number of nitrogens with zero attached hydrogens (tertiary/aromatic N) is 1. The van der Waals surface area contributed by atoms with E-state index in [-0.39, 0.29) is 6.61 Å². The van der Waals surface area contributed by atoms with Crippen LogP contribution in [0, 0.1) is 5.41 Å². The number of thiophene rings is 1. The lowest BCUT2D eigenvalue weighted by Gasteiger charge is -2.38. The van der Waals surface area contributed by atoms with Gasteiger partial charge in [0.1, 0.15) is 4.90 Å². The third kappa shape index (κ3) is 2.95.